The Hall–Kier alpha value is -1.02. The third-order valence-electron chi connectivity index (χ3n) is 8.34. The summed E-state index contributed by atoms with van der Waals surface area (Å²) in [6, 6.07) is 0. The molecule has 256 valence electrons. The fraction of sp³-hybridized carbons (Fsp3) is 0.944. The number of rotatable bonds is 35. The van der Waals surface area contributed by atoms with Gasteiger partial charge in [-0.15, -0.1) is 0 Å². The van der Waals surface area contributed by atoms with Gasteiger partial charge in [0.05, 0.1) is 13.2 Å². The Morgan fingerprint density at radius 2 is 0.837 bits per heavy atom. The minimum atomic E-state index is -0.808. The summed E-state index contributed by atoms with van der Waals surface area (Å²) in [5.41, 5.74) is 0. The van der Waals surface area contributed by atoms with E-state index in [2.05, 4.69) is 13.8 Å². The fourth-order valence-electron chi connectivity index (χ4n) is 5.64. The molecule has 0 spiro atoms. The number of Topliss-reactive ketones (excluding diaryl/α,β-unsaturated/α-hetero) is 1. The van der Waals surface area contributed by atoms with Crippen LogP contribution in [0.4, 0.5) is 0 Å². The molecule has 0 aliphatic heterocycles. The number of carbonyl (C=O) groups is 2. The van der Waals surface area contributed by atoms with Gasteiger partial charge in [-0.25, -0.2) is 9.68 Å². The van der Waals surface area contributed by atoms with Crippen molar-refractivity contribution in [2.45, 2.75) is 187 Å². The Bertz CT molecular complexity index is 594. The van der Waals surface area contributed by atoms with Crippen LogP contribution in [0.15, 0.2) is 0 Å². The first-order chi connectivity index (χ1) is 21.1. The maximum atomic E-state index is 13.3. The van der Waals surface area contributed by atoms with Crippen molar-refractivity contribution < 1.29 is 29.5 Å². The van der Waals surface area contributed by atoms with Crippen LogP contribution in [-0.4, -0.2) is 53.6 Å². The van der Waals surface area contributed by atoms with Crippen molar-refractivity contribution in [1.29, 1.82) is 0 Å². The predicted octanol–water partition coefficient (Wildman–Crippen LogP) is 9.42. The normalized spacial score (nSPS) is 12.1. The lowest BCUT2D eigenvalue weighted by molar-refractivity contribution is -0.346. The SMILES string of the molecule is CCCCCCCCCCCCCCCC(=O)C(CCCCCCCCCCCCCC)C(=O)N(OCCO)OCCO. The van der Waals surface area contributed by atoms with E-state index in [-0.39, 0.29) is 32.2 Å². The van der Waals surface area contributed by atoms with Gasteiger partial charge in [-0.2, -0.15) is 0 Å². The Morgan fingerprint density at radius 3 is 1.19 bits per heavy atom. The molecule has 0 aliphatic carbocycles. The van der Waals surface area contributed by atoms with Gasteiger partial charge in [-0.1, -0.05) is 173 Å². The van der Waals surface area contributed by atoms with Crippen molar-refractivity contribution >= 4 is 11.7 Å². The first-order valence-corrected chi connectivity index (χ1v) is 18.5. The third-order valence-corrected chi connectivity index (χ3v) is 8.34. The van der Waals surface area contributed by atoms with Crippen LogP contribution in [0, 0.1) is 5.92 Å². The summed E-state index contributed by atoms with van der Waals surface area (Å²) in [6.45, 7) is 3.73. The molecule has 0 aromatic carbocycles. The average molecular weight is 614 g/mol. The van der Waals surface area contributed by atoms with Crippen molar-refractivity contribution in [2.24, 2.45) is 5.92 Å². The van der Waals surface area contributed by atoms with E-state index in [4.69, 9.17) is 19.9 Å². The molecule has 43 heavy (non-hydrogen) atoms. The summed E-state index contributed by atoms with van der Waals surface area (Å²) in [7, 11) is 0. The van der Waals surface area contributed by atoms with Gasteiger partial charge in [0.15, 0.2) is 0 Å². The zero-order valence-electron chi connectivity index (χ0n) is 28.5. The van der Waals surface area contributed by atoms with Crippen LogP contribution in [0.25, 0.3) is 0 Å². The van der Waals surface area contributed by atoms with E-state index < -0.39 is 11.8 Å². The lowest BCUT2D eigenvalue weighted by Gasteiger charge is -2.24. The monoisotopic (exact) mass is 614 g/mol. The summed E-state index contributed by atoms with van der Waals surface area (Å²) in [6.07, 6.45) is 31.8. The van der Waals surface area contributed by atoms with E-state index in [1.54, 1.807) is 0 Å². The molecular formula is C36H71NO6. The van der Waals surface area contributed by atoms with Gasteiger partial charge in [0, 0.05) is 6.42 Å². The van der Waals surface area contributed by atoms with Crippen LogP contribution < -0.4 is 0 Å². The predicted molar refractivity (Wildman–Crippen MR) is 177 cm³/mol. The molecule has 1 atom stereocenters. The quantitative estimate of drug-likeness (QED) is 0.0420. The maximum absolute atomic E-state index is 13.3. The minimum Gasteiger partial charge on any atom is -0.394 e. The number of hydrogen-bond acceptors (Lipinski definition) is 6. The molecule has 0 aromatic rings. The largest absolute Gasteiger partial charge is 0.394 e. The molecule has 0 fully saturated rings. The summed E-state index contributed by atoms with van der Waals surface area (Å²) < 4.78 is 0. The van der Waals surface area contributed by atoms with Gasteiger partial charge in [0.25, 0.3) is 5.91 Å². The van der Waals surface area contributed by atoms with Gasteiger partial charge < -0.3 is 10.2 Å². The smallest absolute Gasteiger partial charge is 0.283 e. The van der Waals surface area contributed by atoms with Crippen LogP contribution >= 0.6 is 0 Å². The number of aliphatic hydroxyl groups is 2. The highest BCUT2D eigenvalue weighted by Crippen LogP contribution is 2.21. The number of amides is 1. The molecular weight excluding hydrogens is 542 g/mol. The Morgan fingerprint density at radius 1 is 0.512 bits per heavy atom. The molecule has 0 aromatic heterocycles. The van der Waals surface area contributed by atoms with Crippen molar-refractivity contribution in [2.75, 3.05) is 26.4 Å². The fourth-order valence-corrected chi connectivity index (χ4v) is 5.64. The molecule has 7 heteroatoms. The van der Waals surface area contributed by atoms with Gasteiger partial charge in [-0.05, 0) is 12.8 Å². The molecule has 1 unspecified atom stereocenters. The second-order valence-electron chi connectivity index (χ2n) is 12.4. The van der Waals surface area contributed by atoms with Crippen LogP contribution in [0.5, 0.6) is 0 Å². The highest BCUT2D eigenvalue weighted by atomic mass is 17.0. The third kappa shape index (κ3) is 27.0. The lowest BCUT2D eigenvalue weighted by Crippen LogP contribution is -2.40. The average Bonchev–Trinajstić information content (AvgIpc) is 3.01. The van der Waals surface area contributed by atoms with E-state index in [9.17, 15) is 9.59 Å². The summed E-state index contributed by atoms with van der Waals surface area (Å²) in [5.74, 6) is -1.39. The molecule has 0 heterocycles. The van der Waals surface area contributed by atoms with E-state index in [1.165, 1.54) is 122 Å². The van der Waals surface area contributed by atoms with Crippen LogP contribution in [0.3, 0.4) is 0 Å². The van der Waals surface area contributed by atoms with Crippen molar-refractivity contribution in [3.8, 4) is 0 Å². The van der Waals surface area contributed by atoms with Gasteiger partial charge >= 0.3 is 0 Å². The van der Waals surface area contributed by atoms with Crippen LogP contribution in [-0.2, 0) is 19.3 Å². The van der Waals surface area contributed by atoms with Crippen LogP contribution in [0.1, 0.15) is 187 Å². The zero-order chi connectivity index (χ0) is 31.6. The topological polar surface area (TPSA) is 96.3 Å². The Balaban J connectivity index is 4.42. The van der Waals surface area contributed by atoms with Gasteiger partial charge in [0.1, 0.15) is 24.9 Å². The lowest BCUT2D eigenvalue weighted by atomic mass is 9.92. The molecule has 7 nitrogen and oxygen atoms in total. The number of hydroxylamine groups is 2. The Labute approximate surface area is 265 Å². The molecule has 0 saturated heterocycles. The number of carbonyl (C=O) groups excluding carboxylic acids is 2. The van der Waals surface area contributed by atoms with Crippen molar-refractivity contribution in [1.82, 2.24) is 5.23 Å². The first-order valence-electron chi connectivity index (χ1n) is 18.5. The van der Waals surface area contributed by atoms with Crippen LogP contribution in [0.2, 0.25) is 0 Å². The standard InChI is InChI=1S/C36H71NO6/c1-3-5-7-9-11-13-15-17-19-21-23-25-27-29-35(40)34(36(41)37(42-32-30-38)43-33-31-39)28-26-24-22-20-18-16-14-12-10-8-6-4-2/h34,38-39H,3-33H2,1-2H3. The second-order valence-corrected chi connectivity index (χ2v) is 12.4. The number of unbranched alkanes of at least 4 members (excludes halogenated alkanes) is 23. The number of ketones is 1. The van der Waals surface area contributed by atoms with Crippen molar-refractivity contribution in [3.63, 3.8) is 0 Å². The second kappa shape index (κ2) is 33.9. The highest BCUT2D eigenvalue weighted by molar-refractivity contribution is 6.00. The zero-order valence-corrected chi connectivity index (χ0v) is 28.5. The van der Waals surface area contributed by atoms with E-state index in [0.717, 1.165) is 43.8 Å². The number of aliphatic hydroxyl groups excluding tert-OH is 2. The molecule has 0 saturated carbocycles. The molecule has 0 bridgehead atoms. The Kier molecular flexibility index (Phi) is 33.1. The van der Waals surface area contributed by atoms with E-state index in [1.807, 2.05) is 0 Å². The molecule has 0 radical (unpaired) electrons. The molecule has 2 N–H and O–H groups in total. The summed E-state index contributed by atoms with van der Waals surface area (Å²) >= 11 is 0. The van der Waals surface area contributed by atoms with E-state index in [0.29, 0.717) is 12.8 Å². The molecule has 1 amide bonds. The van der Waals surface area contributed by atoms with Crippen molar-refractivity contribution in [3.05, 3.63) is 0 Å². The summed E-state index contributed by atoms with van der Waals surface area (Å²) in [5, 5.41) is 19.0. The first kappa shape index (κ1) is 42.0. The van der Waals surface area contributed by atoms with Gasteiger partial charge in [0.2, 0.25) is 0 Å². The minimum absolute atomic E-state index is 0.0543. The number of hydrogen-bond donors (Lipinski definition) is 2. The molecule has 0 aliphatic rings. The maximum Gasteiger partial charge on any atom is 0.283 e. The molecule has 0 rings (SSSR count). The van der Waals surface area contributed by atoms with Gasteiger partial charge in [-0.3, -0.25) is 9.59 Å². The summed E-state index contributed by atoms with van der Waals surface area (Å²) in [4.78, 5) is 37.0. The highest BCUT2D eigenvalue weighted by Gasteiger charge is 2.31. The number of nitrogens with zero attached hydrogens (tertiary/aromatic N) is 1. The van der Waals surface area contributed by atoms with E-state index >= 15 is 0 Å².